The zero-order valence-corrected chi connectivity index (χ0v) is 8.70. The molecule has 0 aliphatic heterocycles. The third-order valence-corrected chi connectivity index (χ3v) is 2.31. The highest BCUT2D eigenvalue weighted by atomic mass is 19.1. The Bertz CT molecular complexity index is 382. The predicted octanol–water partition coefficient (Wildman–Crippen LogP) is 2.04. The number of carboxylic acids is 1. The van der Waals surface area contributed by atoms with Gasteiger partial charge in [0, 0.05) is 12.5 Å². The highest BCUT2D eigenvalue weighted by molar-refractivity contribution is 5.66. The van der Waals surface area contributed by atoms with Crippen LogP contribution in [0, 0.1) is 11.6 Å². The van der Waals surface area contributed by atoms with Gasteiger partial charge in [0.1, 0.15) is 11.6 Å². The predicted molar refractivity (Wildman–Crippen MR) is 52.8 cm³/mol. The summed E-state index contributed by atoms with van der Waals surface area (Å²) in [5.74, 6) is -2.67. The third kappa shape index (κ3) is 3.27. The van der Waals surface area contributed by atoms with Crippen LogP contribution < -0.4 is 0 Å². The van der Waals surface area contributed by atoms with Gasteiger partial charge in [0.05, 0.1) is 5.60 Å². The van der Waals surface area contributed by atoms with E-state index in [1.807, 2.05) is 0 Å². The molecule has 0 aliphatic carbocycles. The molecule has 1 aromatic carbocycles. The second-order valence-electron chi connectivity index (χ2n) is 3.83. The molecule has 0 amide bonds. The fourth-order valence-electron chi connectivity index (χ4n) is 1.36. The van der Waals surface area contributed by atoms with Gasteiger partial charge in [-0.15, -0.1) is 0 Å². The van der Waals surface area contributed by atoms with Gasteiger partial charge in [-0.05, 0) is 31.0 Å². The van der Waals surface area contributed by atoms with Crippen molar-refractivity contribution in [1.82, 2.24) is 0 Å². The van der Waals surface area contributed by atoms with Crippen LogP contribution in [0.15, 0.2) is 18.2 Å². The van der Waals surface area contributed by atoms with Gasteiger partial charge in [-0.3, -0.25) is 4.79 Å². The van der Waals surface area contributed by atoms with E-state index in [4.69, 9.17) is 5.11 Å². The number of aliphatic hydroxyl groups is 1. The molecule has 0 saturated carbocycles. The van der Waals surface area contributed by atoms with E-state index in [-0.39, 0.29) is 18.4 Å². The Morgan fingerprint density at radius 3 is 2.25 bits per heavy atom. The Labute approximate surface area is 91.3 Å². The molecule has 1 rings (SSSR count). The average Bonchev–Trinajstić information content (AvgIpc) is 2.13. The summed E-state index contributed by atoms with van der Waals surface area (Å²) in [7, 11) is 0. The molecule has 2 N–H and O–H groups in total. The SMILES string of the molecule is CC(O)(CCC(=O)O)c1cc(F)cc(F)c1. The highest BCUT2D eigenvalue weighted by Gasteiger charge is 2.25. The van der Waals surface area contributed by atoms with Crippen molar-refractivity contribution in [2.75, 3.05) is 0 Å². The standard InChI is InChI=1S/C11H12F2O3/c1-11(16,3-2-10(14)15)7-4-8(12)6-9(13)5-7/h4-6,16H,2-3H2,1H3,(H,14,15). The molecular formula is C11H12F2O3. The highest BCUT2D eigenvalue weighted by Crippen LogP contribution is 2.27. The van der Waals surface area contributed by atoms with Crippen LogP contribution in [0.5, 0.6) is 0 Å². The van der Waals surface area contributed by atoms with Crippen molar-refractivity contribution in [3.63, 3.8) is 0 Å². The zero-order chi connectivity index (χ0) is 12.3. The fourth-order valence-corrected chi connectivity index (χ4v) is 1.36. The van der Waals surface area contributed by atoms with Gasteiger partial charge in [-0.25, -0.2) is 8.78 Å². The van der Waals surface area contributed by atoms with Crippen molar-refractivity contribution in [2.24, 2.45) is 0 Å². The van der Waals surface area contributed by atoms with Crippen LogP contribution in [-0.4, -0.2) is 16.2 Å². The van der Waals surface area contributed by atoms with Crippen molar-refractivity contribution < 1.29 is 23.8 Å². The van der Waals surface area contributed by atoms with Crippen molar-refractivity contribution >= 4 is 5.97 Å². The molecule has 88 valence electrons. The number of aliphatic carboxylic acids is 1. The normalized spacial score (nSPS) is 14.5. The number of carboxylic acid groups (broad SMARTS) is 1. The Morgan fingerprint density at radius 1 is 1.31 bits per heavy atom. The van der Waals surface area contributed by atoms with Gasteiger partial charge in [0.15, 0.2) is 0 Å². The Kier molecular flexibility index (Phi) is 3.59. The van der Waals surface area contributed by atoms with Crippen LogP contribution in [-0.2, 0) is 10.4 Å². The van der Waals surface area contributed by atoms with E-state index in [1.54, 1.807) is 0 Å². The Morgan fingerprint density at radius 2 is 1.81 bits per heavy atom. The lowest BCUT2D eigenvalue weighted by molar-refractivity contribution is -0.138. The summed E-state index contributed by atoms with van der Waals surface area (Å²) in [6.07, 6.45) is -0.379. The first kappa shape index (κ1) is 12.6. The van der Waals surface area contributed by atoms with Gasteiger partial charge >= 0.3 is 5.97 Å². The van der Waals surface area contributed by atoms with E-state index < -0.39 is 23.2 Å². The maximum atomic E-state index is 12.9. The summed E-state index contributed by atoms with van der Waals surface area (Å²) < 4.78 is 25.8. The number of halogens is 2. The number of hydrogen-bond donors (Lipinski definition) is 2. The Balaban J connectivity index is 2.92. The molecule has 1 aromatic rings. The van der Waals surface area contributed by atoms with Crippen molar-refractivity contribution in [3.05, 3.63) is 35.4 Å². The van der Waals surface area contributed by atoms with E-state index >= 15 is 0 Å². The van der Waals surface area contributed by atoms with E-state index in [0.717, 1.165) is 12.1 Å². The van der Waals surface area contributed by atoms with Gasteiger partial charge < -0.3 is 10.2 Å². The van der Waals surface area contributed by atoms with Crippen molar-refractivity contribution in [2.45, 2.75) is 25.4 Å². The summed E-state index contributed by atoms with van der Waals surface area (Å²) in [6.45, 7) is 1.32. The molecule has 0 spiro atoms. The maximum absolute atomic E-state index is 12.9. The minimum absolute atomic E-state index is 0.0336. The summed E-state index contributed by atoms with van der Waals surface area (Å²) >= 11 is 0. The van der Waals surface area contributed by atoms with E-state index in [9.17, 15) is 18.7 Å². The van der Waals surface area contributed by atoms with Crippen LogP contribution >= 0.6 is 0 Å². The monoisotopic (exact) mass is 230 g/mol. The molecule has 0 aromatic heterocycles. The molecule has 5 heteroatoms. The van der Waals surface area contributed by atoms with E-state index in [2.05, 4.69) is 0 Å². The minimum Gasteiger partial charge on any atom is -0.481 e. The lowest BCUT2D eigenvalue weighted by Crippen LogP contribution is -2.22. The maximum Gasteiger partial charge on any atom is 0.303 e. The summed E-state index contributed by atoms with van der Waals surface area (Å²) in [4.78, 5) is 10.4. The average molecular weight is 230 g/mol. The molecule has 0 bridgehead atoms. The molecule has 0 aliphatic rings. The lowest BCUT2D eigenvalue weighted by Gasteiger charge is -2.23. The molecule has 1 unspecified atom stereocenters. The van der Waals surface area contributed by atoms with E-state index in [1.165, 1.54) is 6.92 Å². The van der Waals surface area contributed by atoms with Gasteiger partial charge in [-0.1, -0.05) is 0 Å². The molecule has 3 nitrogen and oxygen atoms in total. The number of rotatable bonds is 4. The second kappa shape index (κ2) is 4.57. The first-order valence-corrected chi connectivity index (χ1v) is 4.72. The number of carbonyl (C=O) groups is 1. The largest absolute Gasteiger partial charge is 0.481 e. The summed E-state index contributed by atoms with van der Waals surface area (Å²) in [5.41, 5.74) is -1.52. The van der Waals surface area contributed by atoms with Crippen LogP contribution in [0.1, 0.15) is 25.3 Å². The van der Waals surface area contributed by atoms with Crippen LogP contribution in [0.4, 0.5) is 8.78 Å². The lowest BCUT2D eigenvalue weighted by atomic mass is 9.91. The first-order valence-electron chi connectivity index (χ1n) is 4.72. The molecule has 16 heavy (non-hydrogen) atoms. The van der Waals surface area contributed by atoms with Gasteiger partial charge in [0.2, 0.25) is 0 Å². The van der Waals surface area contributed by atoms with Crippen LogP contribution in [0.3, 0.4) is 0 Å². The molecule has 0 radical (unpaired) electrons. The second-order valence-corrected chi connectivity index (χ2v) is 3.83. The summed E-state index contributed by atoms with van der Waals surface area (Å²) in [5, 5.41) is 18.4. The number of hydrogen-bond acceptors (Lipinski definition) is 2. The van der Waals surface area contributed by atoms with Crippen LogP contribution in [0.2, 0.25) is 0 Å². The zero-order valence-electron chi connectivity index (χ0n) is 8.70. The third-order valence-electron chi connectivity index (χ3n) is 2.31. The molecule has 0 heterocycles. The minimum atomic E-state index is -1.55. The van der Waals surface area contributed by atoms with Gasteiger partial charge in [0.25, 0.3) is 0 Å². The summed E-state index contributed by atoms with van der Waals surface area (Å²) in [6, 6.07) is 2.67. The smallest absolute Gasteiger partial charge is 0.303 e. The molecular weight excluding hydrogens is 218 g/mol. The molecule has 1 atom stereocenters. The molecule has 0 saturated heterocycles. The van der Waals surface area contributed by atoms with Crippen molar-refractivity contribution in [3.8, 4) is 0 Å². The quantitative estimate of drug-likeness (QED) is 0.832. The fraction of sp³-hybridized carbons (Fsp3) is 0.364. The van der Waals surface area contributed by atoms with E-state index in [0.29, 0.717) is 6.07 Å². The number of benzene rings is 1. The van der Waals surface area contributed by atoms with Gasteiger partial charge in [-0.2, -0.15) is 0 Å². The van der Waals surface area contributed by atoms with Crippen LogP contribution in [0.25, 0.3) is 0 Å². The molecule has 0 fully saturated rings. The van der Waals surface area contributed by atoms with Crippen molar-refractivity contribution in [1.29, 1.82) is 0 Å². The topological polar surface area (TPSA) is 57.5 Å². The first-order chi connectivity index (χ1) is 7.31. The Hall–Kier alpha value is -1.49.